The molecule has 0 fully saturated rings. The predicted molar refractivity (Wildman–Crippen MR) is 166 cm³/mol. The van der Waals surface area contributed by atoms with Gasteiger partial charge in [0, 0.05) is 40.4 Å². The van der Waals surface area contributed by atoms with E-state index < -0.39 is 0 Å². The van der Waals surface area contributed by atoms with E-state index in [1.807, 2.05) is 49.5 Å². The summed E-state index contributed by atoms with van der Waals surface area (Å²) in [4.78, 5) is 4.32. The average molecular weight is 723 g/mol. The van der Waals surface area contributed by atoms with Gasteiger partial charge in [0.25, 0.3) is 0 Å². The average Bonchev–Trinajstić information content (AvgIpc) is 3.73. The molecule has 0 aliphatic heterocycles. The van der Waals surface area contributed by atoms with Crippen molar-refractivity contribution in [3.8, 4) is 16.9 Å². The third-order valence-corrected chi connectivity index (χ3v) is 7.68. The van der Waals surface area contributed by atoms with Gasteiger partial charge in [-0.15, -0.1) is 41.3 Å². The number of para-hydroxylation sites is 2. The number of pyridine rings is 1. The molecule has 0 N–H and O–H groups in total. The Morgan fingerprint density at radius 2 is 1.57 bits per heavy atom. The molecular formula is C37H30IrN4+. The Morgan fingerprint density at radius 3 is 2.36 bits per heavy atom. The Labute approximate surface area is 259 Å². The second-order valence-corrected chi connectivity index (χ2v) is 10.5. The minimum atomic E-state index is 0. The molecule has 0 aliphatic rings. The van der Waals surface area contributed by atoms with Crippen LogP contribution in [0.3, 0.4) is 0 Å². The molecule has 0 spiro atoms. The number of fused-ring (bicyclic) bond motifs is 6. The summed E-state index contributed by atoms with van der Waals surface area (Å²) in [7, 11) is 0. The third-order valence-electron chi connectivity index (χ3n) is 7.68. The number of aromatic nitrogens is 4. The second-order valence-electron chi connectivity index (χ2n) is 10.5. The number of nitrogens with zero attached hydrogens (tertiary/aromatic N) is 4. The van der Waals surface area contributed by atoms with Gasteiger partial charge in [-0.3, -0.25) is 0 Å². The maximum absolute atomic E-state index is 4.32. The summed E-state index contributed by atoms with van der Waals surface area (Å²) in [5.74, 6) is 0. The molecule has 0 atom stereocenters. The van der Waals surface area contributed by atoms with Gasteiger partial charge in [0.05, 0.1) is 6.54 Å². The fourth-order valence-electron chi connectivity index (χ4n) is 5.68. The molecule has 5 heteroatoms. The van der Waals surface area contributed by atoms with Crippen LogP contribution in [0.15, 0.2) is 110 Å². The molecule has 8 rings (SSSR count). The molecule has 0 amide bonds. The summed E-state index contributed by atoms with van der Waals surface area (Å²) in [5, 5.41) is 5.17. The zero-order valence-corrected chi connectivity index (χ0v) is 26.0. The van der Waals surface area contributed by atoms with Crippen LogP contribution in [0.25, 0.3) is 55.0 Å². The first-order valence-corrected chi connectivity index (χ1v) is 14.2. The Hall–Kier alpha value is -4.31. The van der Waals surface area contributed by atoms with Gasteiger partial charge in [0.2, 0.25) is 6.33 Å². The number of aryl methyl sites for hydroxylation is 2. The van der Waals surface area contributed by atoms with Gasteiger partial charge in [-0.1, -0.05) is 67.4 Å². The van der Waals surface area contributed by atoms with Crippen molar-refractivity contribution < 1.29 is 24.7 Å². The molecule has 4 heterocycles. The molecule has 0 radical (unpaired) electrons. The number of rotatable bonds is 5. The summed E-state index contributed by atoms with van der Waals surface area (Å²) in [5.41, 5.74) is 7.99. The van der Waals surface area contributed by atoms with E-state index in [1.54, 1.807) is 0 Å². The Morgan fingerprint density at radius 1 is 0.786 bits per heavy atom. The fraction of sp³-hybridized carbons (Fsp3) is 0.135. The number of unbranched alkanes of at least 4 members (excludes halogenated alkanes) is 1. The molecule has 8 aromatic rings. The third kappa shape index (κ3) is 4.89. The van der Waals surface area contributed by atoms with Crippen molar-refractivity contribution in [2.75, 3.05) is 0 Å². The molecule has 4 aromatic heterocycles. The molecule has 42 heavy (non-hydrogen) atoms. The minimum absolute atomic E-state index is 0. The van der Waals surface area contributed by atoms with Crippen molar-refractivity contribution in [3.05, 3.63) is 134 Å². The van der Waals surface area contributed by atoms with E-state index in [2.05, 4.69) is 111 Å². The smallest absolute Gasteiger partial charge is 0.369 e. The van der Waals surface area contributed by atoms with Crippen LogP contribution in [0.4, 0.5) is 0 Å². The first-order valence-electron chi connectivity index (χ1n) is 14.2. The van der Waals surface area contributed by atoms with Gasteiger partial charge >= 0.3 is 20.1 Å². The van der Waals surface area contributed by atoms with Gasteiger partial charge in [-0.05, 0) is 41.7 Å². The SMILES string of the molecule is CCCC[n+]1[c-]n(-c2[c-]ccc3c4cccc5c6ccccc6n(c23)c54)cc1.Cc1ccc(-c2[c-]cccc2)nc1.[Ir+3]. The van der Waals surface area contributed by atoms with Crippen molar-refractivity contribution in [1.29, 1.82) is 0 Å². The van der Waals surface area contributed by atoms with Gasteiger partial charge < -0.3 is 18.5 Å². The number of hydrogen-bond acceptors (Lipinski definition) is 1. The van der Waals surface area contributed by atoms with E-state index in [0.29, 0.717) is 0 Å². The summed E-state index contributed by atoms with van der Waals surface area (Å²) in [6.45, 7) is 5.25. The van der Waals surface area contributed by atoms with E-state index in [0.717, 1.165) is 29.9 Å². The van der Waals surface area contributed by atoms with Crippen LogP contribution < -0.4 is 4.57 Å². The van der Waals surface area contributed by atoms with E-state index in [9.17, 15) is 0 Å². The van der Waals surface area contributed by atoms with Gasteiger partial charge in [-0.25, -0.2) is 0 Å². The predicted octanol–water partition coefficient (Wildman–Crippen LogP) is 8.17. The van der Waals surface area contributed by atoms with E-state index in [4.69, 9.17) is 0 Å². The first-order chi connectivity index (χ1) is 20.2. The zero-order chi connectivity index (χ0) is 27.8. The molecule has 4 nitrogen and oxygen atoms in total. The van der Waals surface area contributed by atoms with Crippen molar-refractivity contribution in [2.24, 2.45) is 0 Å². The van der Waals surface area contributed by atoms with E-state index >= 15 is 0 Å². The van der Waals surface area contributed by atoms with Crippen LogP contribution in [-0.2, 0) is 26.7 Å². The maximum Gasteiger partial charge on any atom is 3.00 e. The van der Waals surface area contributed by atoms with Crippen LogP contribution in [0.2, 0.25) is 0 Å². The van der Waals surface area contributed by atoms with Crippen LogP contribution in [-0.4, -0.2) is 14.0 Å². The summed E-state index contributed by atoms with van der Waals surface area (Å²) in [6.07, 6.45) is 11.9. The van der Waals surface area contributed by atoms with Gasteiger partial charge in [-0.2, -0.15) is 18.2 Å². The monoisotopic (exact) mass is 723 g/mol. The molecule has 0 saturated carbocycles. The first kappa shape index (κ1) is 27.8. The Balaban J connectivity index is 0.000000191. The van der Waals surface area contributed by atoms with Crippen molar-refractivity contribution in [3.63, 3.8) is 0 Å². The van der Waals surface area contributed by atoms with E-state index in [-0.39, 0.29) is 20.1 Å². The fourth-order valence-corrected chi connectivity index (χ4v) is 5.68. The Bertz CT molecular complexity index is 2090. The topological polar surface area (TPSA) is 26.1 Å². The summed E-state index contributed by atoms with van der Waals surface area (Å²) >= 11 is 0. The molecule has 0 aliphatic carbocycles. The van der Waals surface area contributed by atoms with Gasteiger partial charge in [0.1, 0.15) is 0 Å². The minimum Gasteiger partial charge on any atom is -0.369 e. The van der Waals surface area contributed by atoms with E-state index in [1.165, 1.54) is 50.1 Å². The molecule has 0 unspecified atom stereocenters. The normalized spacial score (nSPS) is 11.2. The quantitative estimate of drug-likeness (QED) is 0.130. The zero-order valence-electron chi connectivity index (χ0n) is 23.6. The van der Waals surface area contributed by atoms with Crippen molar-refractivity contribution in [2.45, 2.75) is 33.2 Å². The second kappa shape index (κ2) is 11.9. The van der Waals surface area contributed by atoms with Crippen LogP contribution >= 0.6 is 0 Å². The maximum atomic E-state index is 4.32. The standard InChI is InChI=1S/C25H20N3.C12H10N.Ir/c1-2-3-14-26-15-16-27(17-26)23-13-7-11-21-20-10-6-9-19-18-8-4-5-12-22(18)28(24(19)20)25(21)23;1-10-7-8-12(13-9-10)11-5-3-2-4-6-11;/h4-12,15-16H,2-3,14H2,1H3;2-5,7-9H,1H3;/q2*-1;+3. The van der Waals surface area contributed by atoms with Crippen LogP contribution in [0.5, 0.6) is 0 Å². The molecule has 4 aromatic carbocycles. The largest absolute Gasteiger partial charge is 3.00 e. The summed E-state index contributed by atoms with van der Waals surface area (Å²) < 4.78 is 6.63. The van der Waals surface area contributed by atoms with Crippen LogP contribution in [0.1, 0.15) is 25.3 Å². The van der Waals surface area contributed by atoms with Crippen molar-refractivity contribution >= 4 is 38.1 Å². The number of benzene rings is 4. The molecular weight excluding hydrogens is 693 g/mol. The number of imidazole rings is 1. The molecule has 206 valence electrons. The van der Waals surface area contributed by atoms with Gasteiger partial charge in [0.15, 0.2) is 0 Å². The number of hydrogen-bond donors (Lipinski definition) is 0. The summed E-state index contributed by atoms with van der Waals surface area (Å²) in [6, 6.07) is 38.1. The van der Waals surface area contributed by atoms with Crippen molar-refractivity contribution in [1.82, 2.24) is 14.0 Å². The molecule has 0 saturated heterocycles. The van der Waals surface area contributed by atoms with Crippen LogP contribution in [0, 0.1) is 25.4 Å². The Kier molecular flexibility index (Phi) is 7.88. The molecule has 0 bridgehead atoms.